The van der Waals surface area contributed by atoms with Crippen molar-refractivity contribution in [3.63, 3.8) is 0 Å². The molecule has 0 saturated carbocycles. The molecule has 33 heavy (non-hydrogen) atoms. The number of fused-ring (bicyclic) bond motifs is 1. The molecule has 0 fully saturated rings. The third-order valence-corrected chi connectivity index (χ3v) is 6.12. The topological polar surface area (TPSA) is 72.3 Å². The van der Waals surface area contributed by atoms with E-state index in [0.717, 1.165) is 44.8 Å². The molecule has 0 aromatic heterocycles. The van der Waals surface area contributed by atoms with E-state index >= 15 is 0 Å². The lowest BCUT2D eigenvalue weighted by Crippen LogP contribution is -2.25. The maximum Gasteiger partial charge on any atom is 0.230 e. The highest BCUT2D eigenvalue weighted by atomic mass is 32.2. The van der Waals surface area contributed by atoms with Gasteiger partial charge >= 0.3 is 0 Å². The van der Waals surface area contributed by atoms with E-state index in [0.29, 0.717) is 13.0 Å². The summed E-state index contributed by atoms with van der Waals surface area (Å²) in [6, 6.07) is 23.3. The van der Waals surface area contributed by atoms with Gasteiger partial charge in [-0.2, -0.15) is 0 Å². The maximum atomic E-state index is 12.6. The smallest absolute Gasteiger partial charge is 0.230 e. The number of nitrogens with zero attached hydrogens (tertiary/aromatic N) is 2. The van der Waals surface area contributed by atoms with Crippen LogP contribution in [0.15, 0.2) is 82.8 Å². The molecule has 0 unspecified atom stereocenters. The number of benzene rings is 3. The molecule has 1 aliphatic rings. The molecule has 1 N–H and O–H groups in total. The van der Waals surface area contributed by atoms with Gasteiger partial charge in [0.1, 0.15) is 11.5 Å². The molecule has 7 heteroatoms. The monoisotopic (exact) mass is 459 g/mol. The van der Waals surface area contributed by atoms with Gasteiger partial charge in [-0.25, -0.2) is 4.99 Å². The quantitative estimate of drug-likeness (QED) is 0.520. The zero-order valence-corrected chi connectivity index (χ0v) is 19.4. The highest BCUT2D eigenvalue weighted by molar-refractivity contribution is 8.14. The maximum absolute atomic E-state index is 12.6. The standard InChI is InChI=1S/C26H25N3O3S/c1-31-20-10-7-9-18(14-20)23-15-26(29-22-12-5-4-11-21(22)28-23)33-17-25(30)27-16-19-8-3-6-13-24(19)32-2/h3-14H,15-17H2,1-2H3,(H,27,30). The average Bonchev–Trinajstić information content (AvgIpc) is 3.05. The molecule has 4 rings (SSSR count). The van der Waals surface area contributed by atoms with Crippen molar-refractivity contribution in [1.29, 1.82) is 0 Å². The van der Waals surface area contributed by atoms with Gasteiger partial charge in [0.15, 0.2) is 0 Å². The second-order valence-electron chi connectivity index (χ2n) is 7.34. The van der Waals surface area contributed by atoms with Gasteiger partial charge in [-0.1, -0.05) is 42.5 Å². The second-order valence-corrected chi connectivity index (χ2v) is 8.39. The van der Waals surface area contributed by atoms with Crippen LogP contribution >= 0.6 is 11.8 Å². The summed E-state index contributed by atoms with van der Waals surface area (Å²) < 4.78 is 10.7. The number of thioether (sulfide) groups is 1. The zero-order chi connectivity index (χ0) is 23.0. The summed E-state index contributed by atoms with van der Waals surface area (Å²) in [4.78, 5) is 22.2. The fraction of sp³-hybridized carbons (Fsp3) is 0.192. The Bertz CT molecular complexity index is 1210. The Morgan fingerprint density at radius 1 is 0.939 bits per heavy atom. The van der Waals surface area contributed by atoms with Crippen molar-refractivity contribution in [2.45, 2.75) is 13.0 Å². The van der Waals surface area contributed by atoms with Gasteiger partial charge in [-0.15, -0.1) is 11.8 Å². The Morgan fingerprint density at radius 3 is 2.48 bits per heavy atom. The highest BCUT2D eigenvalue weighted by Gasteiger charge is 2.17. The molecule has 0 aliphatic carbocycles. The number of amides is 1. The first kappa shape index (κ1) is 22.6. The lowest BCUT2D eigenvalue weighted by Gasteiger charge is -2.10. The van der Waals surface area contributed by atoms with E-state index in [-0.39, 0.29) is 11.7 Å². The van der Waals surface area contributed by atoms with Crippen LogP contribution in [0.2, 0.25) is 0 Å². The van der Waals surface area contributed by atoms with Gasteiger partial charge in [-0.05, 0) is 30.3 Å². The fourth-order valence-electron chi connectivity index (χ4n) is 3.45. The fourth-order valence-corrected chi connectivity index (χ4v) is 4.25. The van der Waals surface area contributed by atoms with Gasteiger partial charge < -0.3 is 14.8 Å². The van der Waals surface area contributed by atoms with Crippen molar-refractivity contribution in [3.8, 4) is 11.5 Å². The minimum absolute atomic E-state index is 0.0639. The first-order valence-electron chi connectivity index (χ1n) is 10.6. The van der Waals surface area contributed by atoms with Gasteiger partial charge in [0.25, 0.3) is 0 Å². The Labute approximate surface area is 197 Å². The van der Waals surface area contributed by atoms with Crippen LogP contribution in [0.4, 0.5) is 11.4 Å². The lowest BCUT2D eigenvalue weighted by molar-refractivity contribution is -0.118. The largest absolute Gasteiger partial charge is 0.497 e. The summed E-state index contributed by atoms with van der Waals surface area (Å²) in [5.74, 6) is 1.73. The van der Waals surface area contributed by atoms with Crippen LogP contribution in [0, 0.1) is 0 Å². The van der Waals surface area contributed by atoms with E-state index in [1.807, 2.05) is 72.8 Å². The van der Waals surface area contributed by atoms with Crippen molar-refractivity contribution in [1.82, 2.24) is 5.32 Å². The van der Waals surface area contributed by atoms with Crippen LogP contribution in [-0.4, -0.2) is 36.6 Å². The number of para-hydroxylation sites is 3. The van der Waals surface area contributed by atoms with Crippen LogP contribution in [0.1, 0.15) is 17.5 Å². The molecule has 1 aliphatic heterocycles. The number of carbonyl (C=O) groups excluding carboxylic acids is 1. The number of methoxy groups -OCH3 is 2. The molecular weight excluding hydrogens is 434 g/mol. The Balaban J connectivity index is 1.47. The first-order valence-corrected chi connectivity index (χ1v) is 11.5. The lowest BCUT2D eigenvalue weighted by atomic mass is 10.1. The van der Waals surface area contributed by atoms with E-state index in [9.17, 15) is 4.79 Å². The highest BCUT2D eigenvalue weighted by Crippen LogP contribution is 2.33. The summed E-state index contributed by atoms with van der Waals surface area (Å²) in [5.41, 5.74) is 4.41. The van der Waals surface area contributed by atoms with Crippen molar-refractivity contribution in [2.75, 3.05) is 20.0 Å². The van der Waals surface area contributed by atoms with Crippen LogP contribution in [0.25, 0.3) is 0 Å². The van der Waals surface area contributed by atoms with Crippen LogP contribution in [0.3, 0.4) is 0 Å². The zero-order valence-electron chi connectivity index (χ0n) is 18.6. The van der Waals surface area contributed by atoms with Gasteiger partial charge in [0.05, 0.1) is 42.1 Å². The molecule has 6 nitrogen and oxygen atoms in total. The molecule has 0 radical (unpaired) electrons. The number of hydrogen-bond donors (Lipinski definition) is 1. The van der Waals surface area contributed by atoms with Gasteiger partial charge in [-0.3, -0.25) is 9.79 Å². The third kappa shape index (κ3) is 5.81. The van der Waals surface area contributed by atoms with Gasteiger partial charge in [0, 0.05) is 24.1 Å². The number of rotatable bonds is 7. The molecule has 1 amide bonds. The van der Waals surface area contributed by atoms with Crippen molar-refractivity contribution < 1.29 is 14.3 Å². The summed E-state index contributed by atoms with van der Waals surface area (Å²) in [6.45, 7) is 0.412. The van der Waals surface area contributed by atoms with Crippen molar-refractivity contribution in [3.05, 3.63) is 83.9 Å². The number of hydrogen-bond acceptors (Lipinski definition) is 6. The second kappa shape index (κ2) is 10.8. The van der Waals surface area contributed by atoms with E-state index in [1.54, 1.807) is 14.2 Å². The van der Waals surface area contributed by atoms with Crippen LogP contribution < -0.4 is 14.8 Å². The van der Waals surface area contributed by atoms with Crippen molar-refractivity contribution >= 4 is 39.8 Å². The van der Waals surface area contributed by atoms with E-state index in [2.05, 4.69) is 5.32 Å². The predicted octanol–water partition coefficient (Wildman–Crippen LogP) is 5.31. The third-order valence-electron chi connectivity index (χ3n) is 5.14. The molecule has 3 aromatic carbocycles. The SMILES string of the molecule is COc1cccc(C2=Nc3ccccc3N=C(SCC(=O)NCc3ccccc3OC)C2)c1. The molecule has 1 heterocycles. The normalized spacial score (nSPS) is 12.7. The number of carbonyl (C=O) groups is 1. The molecular formula is C26H25N3O3S. The Kier molecular flexibility index (Phi) is 7.42. The van der Waals surface area contributed by atoms with Crippen molar-refractivity contribution in [2.24, 2.45) is 9.98 Å². The van der Waals surface area contributed by atoms with Gasteiger partial charge in [0.2, 0.25) is 5.91 Å². The predicted molar refractivity (Wildman–Crippen MR) is 135 cm³/mol. The average molecular weight is 460 g/mol. The molecule has 0 spiro atoms. The molecule has 0 saturated heterocycles. The Hall–Kier alpha value is -3.58. The van der Waals surface area contributed by atoms with Crippen LogP contribution in [-0.2, 0) is 11.3 Å². The molecule has 0 bridgehead atoms. The number of nitrogens with one attached hydrogen (secondary N) is 1. The molecule has 0 atom stereocenters. The van der Waals surface area contributed by atoms with E-state index in [4.69, 9.17) is 19.5 Å². The van der Waals surface area contributed by atoms with E-state index in [1.165, 1.54) is 11.8 Å². The summed E-state index contributed by atoms with van der Waals surface area (Å²) in [6.07, 6.45) is 0.534. The minimum Gasteiger partial charge on any atom is -0.497 e. The minimum atomic E-state index is -0.0639. The number of ether oxygens (including phenoxy) is 2. The summed E-state index contributed by atoms with van der Waals surface area (Å²) in [5, 5.41) is 3.81. The van der Waals surface area contributed by atoms with Crippen LogP contribution in [0.5, 0.6) is 11.5 Å². The van der Waals surface area contributed by atoms with E-state index < -0.39 is 0 Å². The number of aliphatic imine (C=N–C) groups is 2. The molecule has 3 aromatic rings. The Morgan fingerprint density at radius 2 is 1.70 bits per heavy atom. The summed E-state index contributed by atoms with van der Waals surface area (Å²) >= 11 is 1.43. The molecule has 168 valence electrons. The summed E-state index contributed by atoms with van der Waals surface area (Å²) in [7, 11) is 3.27. The first-order chi connectivity index (χ1) is 16.2.